The Labute approximate surface area is 407 Å². The lowest BCUT2D eigenvalue weighted by molar-refractivity contribution is 1.62. The van der Waals surface area contributed by atoms with Crippen LogP contribution in [0.3, 0.4) is 0 Å². The maximum absolute atomic E-state index is 2.37. The summed E-state index contributed by atoms with van der Waals surface area (Å²) in [5, 5.41) is 17.6. The van der Waals surface area contributed by atoms with Gasteiger partial charge in [0.25, 0.3) is 0 Å². The van der Waals surface area contributed by atoms with E-state index in [1.54, 1.807) is 0 Å². The molecule has 0 fully saturated rings. The molecule has 0 saturated heterocycles. The Bertz CT molecular complexity index is 4270. The fourth-order valence-electron chi connectivity index (χ4n) is 11.6. The van der Waals surface area contributed by atoms with Gasteiger partial charge in [0.1, 0.15) is 0 Å². The molecule has 14 aromatic carbocycles. The minimum atomic E-state index is 1.21. The summed E-state index contributed by atoms with van der Waals surface area (Å²) in [4.78, 5) is 0. The van der Waals surface area contributed by atoms with E-state index < -0.39 is 0 Å². The van der Waals surface area contributed by atoms with Gasteiger partial charge in [0.05, 0.1) is 0 Å². The summed E-state index contributed by atoms with van der Waals surface area (Å²) in [6, 6.07) is 98.8. The number of rotatable bonds is 6. The maximum atomic E-state index is 2.37. The van der Waals surface area contributed by atoms with Crippen LogP contribution in [-0.2, 0) is 0 Å². The molecule has 0 heterocycles. The Hall–Kier alpha value is -9.10. The van der Waals surface area contributed by atoms with Crippen LogP contribution in [0.25, 0.3) is 142 Å². The van der Waals surface area contributed by atoms with Crippen molar-refractivity contribution in [3.63, 3.8) is 0 Å². The van der Waals surface area contributed by atoms with Crippen LogP contribution >= 0.6 is 0 Å². The topological polar surface area (TPSA) is 0 Å². The van der Waals surface area contributed by atoms with Crippen molar-refractivity contribution in [3.8, 4) is 66.8 Å². The summed E-state index contributed by atoms with van der Waals surface area (Å²) < 4.78 is 0. The molecule has 70 heavy (non-hydrogen) atoms. The molecule has 0 unspecified atom stereocenters. The van der Waals surface area contributed by atoms with E-state index in [1.165, 1.54) is 142 Å². The van der Waals surface area contributed by atoms with Crippen molar-refractivity contribution >= 4 is 75.4 Å². The Morgan fingerprint density at radius 3 is 1.01 bits per heavy atom. The van der Waals surface area contributed by atoms with Crippen LogP contribution in [0.2, 0.25) is 0 Å². The number of benzene rings is 14. The molecule has 324 valence electrons. The first-order valence-electron chi connectivity index (χ1n) is 24.3. The van der Waals surface area contributed by atoms with Crippen molar-refractivity contribution in [2.24, 2.45) is 0 Å². The standard InChI is InChI=1S/C70H44/c1-2-17-47(18-3-1)67-59-22-6-8-24-61(59)68(62-25-9-7-23-60(62)67)48-35-33-46(34-36-48)55-30-14-20-52-42-50(38-40-56(52)55)51-39-41-57-53(43-51)21-15-31-58(57)70-65-28-12-10-26-63(65)69(64-27-11-13-29-66(64)70)54-37-32-45-16-4-5-19-49(45)44-54/h1-44H. The van der Waals surface area contributed by atoms with Gasteiger partial charge in [-0.3, -0.25) is 0 Å². The zero-order valence-corrected chi connectivity index (χ0v) is 38.4. The Kier molecular flexibility index (Phi) is 9.32. The van der Waals surface area contributed by atoms with Crippen molar-refractivity contribution < 1.29 is 0 Å². The summed E-state index contributed by atoms with van der Waals surface area (Å²) in [6.45, 7) is 0. The molecule has 0 heteroatoms. The van der Waals surface area contributed by atoms with Crippen molar-refractivity contribution in [2.75, 3.05) is 0 Å². The third kappa shape index (κ3) is 6.45. The predicted molar refractivity (Wildman–Crippen MR) is 302 cm³/mol. The van der Waals surface area contributed by atoms with Crippen molar-refractivity contribution in [1.29, 1.82) is 0 Å². The van der Waals surface area contributed by atoms with Gasteiger partial charge >= 0.3 is 0 Å². The highest BCUT2D eigenvalue weighted by Crippen LogP contribution is 2.47. The molecule has 14 aromatic rings. The van der Waals surface area contributed by atoms with Crippen LogP contribution in [0.4, 0.5) is 0 Å². The molecule has 0 N–H and O–H groups in total. The third-order valence-corrected chi connectivity index (χ3v) is 14.8. The van der Waals surface area contributed by atoms with Gasteiger partial charge in [-0.2, -0.15) is 0 Å². The second kappa shape index (κ2) is 16.3. The molecule has 0 aliphatic rings. The van der Waals surface area contributed by atoms with Crippen molar-refractivity contribution in [1.82, 2.24) is 0 Å². The molecule has 0 amide bonds. The van der Waals surface area contributed by atoms with Gasteiger partial charge in [0, 0.05) is 0 Å². The summed E-state index contributed by atoms with van der Waals surface area (Å²) in [5.41, 5.74) is 14.9. The fraction of sp³-hybridized carbons (Fsp3) is 0. The lowest BCUT2D eigenvalue weighted by atomic mass is 9.84. The molecule has 0 saturated carbocycles. The second-order valence-electron chi connectivity index (χ2n) is 18.7. The van der Waals surface area contributed by atoms with Gasteiger partial charge in [-0.25, -0.2) is 0 Å². The molecule has 0 bridgehead atoms. The minimum Gasteiger partial charge on any atom is -0.0622 e. The molecular weight excluding hydrogens is 841 g/mol. The lowest BCUT2D eigenvalue weighted by Crippen LogP contribution is -1.92. The predicted octanol–water partition coefficient (Wildman–Crippen LogP) is 19.8. The molecule has 0 aromatic heterocycles. The largest absolute Gasteiger partial charge is 0.0622 e. The van der Waals surface area contributed by atoms with Crippen LogP contribution in [0.15, 0.2) is 267 Å². The number of fused-ring (bicyclic) bond motifs is 7. The van der Waals surface area contributed by atoms with E-state index in [0.717, 1.165) is 0 Å². The molecule has 0 atom stereocenters. The summed E-state index contributed by atoms with van der Waals surface area (Å²) in [6.07, 6.45) is 0. The van der Waals surface area contributed by atoms with E-state index in [2.05, 4.69) is 267 Å². The van der Waals surface area contributed by atoms with E-state index in [4.69, 9.17) is 0 Å². The highest BCUT2D eigenvalue weighted by Gasteiger charge is 2.20. The van der Waals surface area contributed by atoms with Gasteiger partial charge in [0.2, 0.25) is 0 Å². The first-order valence-corrected chi connectivity index (χ1v) is 24.3. The fourth-order valence-corrected chi connectivity index (χ4v) is 11.6. The third-order valence-electron chi connectivity index (χ3n) is 14.8. The normalized spacial score (nSPS) is 11.7. The van der Waals surface area contributed by atoms with Gasteiger partial charge in [-0.15, -0.1) is 0 Å². The summed E-state index contributed by atoms with van der Waals surface area (Å²) in [5.74, 6) is 0. The van der Waals surface area contributed by atoms with Crippen LogP contribution in [0, 0.1) is 0 Å². The smallest absolute Gasteiger partial charge is 0.00201 e. The van der Waals surface area contributed by atoms with E-state index in [1.807, 2.05) is 0 Å². The van der Waals surface area contributed by atoms with Crippen LogP contribution in [0.1, 0.15) is 0 Å². The molecule has 14 rings (SSSR count). The molecule has 0 spiro atoms. The Morgan fingerprint density at radius 2 is 0.486 bits per heavy atom. The number of hydrogen-bond acceptors (Lipinski definition) is 0. The van der Waals surface area contributed by atoms with Crippen molar-refractivity contribution in [3.05, 3.63) is 267 Å². The number of hydrogen-bond donors (Lipinski definition) is 0. The lowest BCUT2D eigenvalue weighted by Gasteiger charge is -2.19. The highest BCUT2D eigenvalue weighted by molar-refractivity contribution is 6.24. The quantitative estimate of drug-likeness (QED) is 0.146. The monoisotopic (exact) mass is 884 g/mol. The van der Waals surface area contributed by atoms with Crippen LogP contribution in [-0.4, -0.2) is 0 Å². The van der Waals surface area contributed by atoms with E-state index in [-0.39, 0.29) is 0 Å². The van der Waals surface area contributed by atoms with E-state index >= 15 is 0 Å². The van der Waals surface area contributed by atoms with Gasteiger partial charge in [-0.05, 0) is 160 Å². The summed E-state index contributed by atoms with van der Waals surface area (Å²) >= 11 is 0. The SMILES string of the molecule is c1ccc(-c2c3ccccc3c(-c3ccc(-c4cccc5cc(-c6ccc7c(-c8c9ccccc9c(-c9ccc%10ccccc%10c9)c9ccccc89)cccc7c6)ccc45)cc3)c3ccccc23)cc1. The average Bonchev–Trinajstić information content (AvgIpc) is 3.43. The van der Waals surface area contributed by atoms with Crippen LogP contribution in [0.5, 0.6) is 0 Å². The Balaban J connectivity index is 0.835. The molecule has 0 radical (unpaired) electrons. The zero-order chi connectivity index (χ0) is 46.1. The van der Waals surface area contributed by atoms with E-state index in [0.29, 0.717) is 0 Å². The average molecular weight is 885 g/mol. The highest BCUT2D eigenvalue weighted by atomic mass is 14.2. The first kappa shape index (κ1) is 40.0. The molecule has 0 nitrogen and oxygen atoms in total. The molecule has 0 aliphatic heterocycles. The maximum Gasteiger partial charge on any atom is -0.00201 e. The second-order valence-corrected chi connectivity index (χ2v) is 18.7. The molecule has 0 aliphatic carbocycles. The molecular formula is C70H44. The van der Waals surface area contributed by atoms with Gasteiger partial charge < -0.3 is 0 Å². The zero-order valence-electron chi connectivity index (χ0n) is 38.4. The van der Waals surface area contributed by atoms with Gasteiger partial charge in [-0.1, -0.05) is 249 Å². The minimum absolute atomic E-state index is 1.21. The van der Waals surface area contributed by atoms with Crippen LogP contribution < -0.4 is 0 Å². The van der Waals surface area contributed by atoms with Gasteiger partial charge in [0.15, 0.2) is 0 Å². The first-order chi connectivity index (χ1) is 34.7. The summed E-state index contributed by atoms with van der Waals surface area (Å²) in [7, 11) is 0. The van der Waals surface area contributed by atoms with Crippen molar-refractivity contribution in [2.45, 2.75) is 0 Å². The Morgan fingerprint density at radius 1 is 0.143 bits per heavy atom. The van der Waals surface area contributed by atoms with E-state index in [9.17, 15) is 0 Å².